The van der Waals surface area contributed by atoms with Crippen LogP contribution in [0.15, 0.2) is 42.5 Å². The summed E-state index contributed by atoms with van der Waals surface area (Å²) in [5.41, 5.74) is 2.07. The lowest BCUT2D eigenvalue weighted by Gasteiger charge is -2.39. The molecule has 1 atom stereocenters. The number of amides is 1. The molecule has 0 radical (unpaired) electrons. The Morgan fingerprint density at radius 1 is 1.26 bits per heavy atom. The number of ether oxygens (including phenoxy) is 2. The van der Waals surface area contributed by atoms with Gasteiger partial charge in [0, 0.05) is 36.8 Å². The summed E-state index contributed by atoms with van der Waals surface area (Å²) in [5, 5.41) is 17.2. The molecule has 2 N–H and O–H groups in total. The number of anilines is 1. The number of nitrogens with one attached hydrogen (secondary N) is 2. The van der Waals surface area contributed by atoms with E-state index >= 15 is 0 Å². The molecule has 0 bridgehead atoms. The number of aryl methyl sites for hydroxylation is 1. The van der Waals surface area contributed by atoms with Crippen LogP contribution in [0.2, 0.25) is 0 Å². The molecule has 1 amide bonds. The van der Waals surface area contributed by atoms with Gasteiger partial charge < -0.3 is 20.1 Å². The Morgan fingerprint density at radius 3 is 2.65 bits per heavy atom. The predicted molar refractivity (Wildman–Crippen MR) is 119 cm³/mol. The van der Waals surface area contributed by atoms with Gasteiger partial charge in [0.15, 0.2) is 0 Å². The van der Waals surface area contributed by atoms with Crippen LogP contribution >= 0.6 is 0 Å². The van der Waals surface area contributed by atoms with Gasteiger partial charge in [-0.05, 0) is 38.8 Å². The van der Waals surface area contributed by atoms with Crippen molar-refractivity contribution in [2.45, 2.75) is 38.1 Å². The number of para-hydroxylation sites is 2. The fraction of sp³-hybridized carbons (Fsp3) is 0.435. The average Bonchev–Trinajstić information content (AvgIpc) is 2.78. The number of methoxy groups -OCH3 is 1. The van der Waals surface area contributed by atoms with E-state index in [1.165, 1.54) is 12.1 Å². The third kappa shape index (κ3) is 5.21. The first-order chi connectivity index (χ1) is 14.9. The van der Waals surface area contributed by atoms with Crippen LogP contribution in [-0.4, -0.2) is 43.7 Å². The molecule has 8 nitrogen and oxygen atoms in total. The van der Waals surface area contributed by atoms with E-state index in [9.17, 15) is 14.9 Å². The molecule has 0 aromatic heterocycles. The minimum absolute atomic E-state index is 0.131. The number of carbonyl (C=O) groups excluding carboxylic acids is 1. The molecular formula is C23H29N3O5. The highest BCUT2D eigenvalue weighted by Crippen LogP contribution is 2.40. The molecule has 1 aliphatic heterocycles. The van der Waals surface area contributed by atoms with Crippen molar-refractivity contribution in [2.24, 2.45) is 0 Å². The van der Waals surface area contributed by atoms with E-state index < -0.39 is 11.0 Å². The topological polar surface area (TPSA) is 103 Å². The molecular weight excluding hydrogens is 398 g/mol. The van der Waals surface area contributed by atoms with E-state index in [0.29, 0.717) is 19.8 Å². The molecule has 1 fully saturated rings. The van der Waals surface area contributed by atoms with Crippen LogP contribution in [0.5, 0.6) is 5.75 Å². The van der Waals surface area contributed by atoms with E-state index in [-0.39, 0.29) is 22.7 Å². The second-order valence-corrected chi connectivity index (χ2v) is 7.96. The quantitative estimate of drug-likeness (QED) is 0.493. The lowest BCUT2D eigenvalue weighted by atomic mass is 9.73. The average molecular weight is 428 g/mol. The third-order valence-corrected chi connectivity index (χ3v) is 5.87. The van der Waals surface area contributed by atoms with Gasteiger partial charge in [0.2, 0.25) is 5.91 Å². The van der Waals surface area contributed by atoms with Crippen LogP contribution in [-0.2, 0) is 14.9 Å². The van der Waals surface area contributed by atoms with Gasteiger partial charge in [0.25, 0.3) is 5.69 Å². The van der Waals surface area contributed by atoms with Crippen molar-refractivity contribution in [1.82, 2.24) is 5.32 Å². The number of nitro benzene ring substituents is 1. The zero-order valence-corrected chi connectivity index (χ0v) is 18.1. The van der Waals surface area contributed by atoms with Crippen molar-refractivity contribution < 1.29 is 19.2 Å². The van der Waals surface area contributed by atoms with Crippen LogP contribution in [0.1, 0.15) is 30.9 Å². The predicted octanol–water partition coefficient (Wildman–Crippen LogP) is 3.58. The minimum Gasteiger partial charge on any atom is -0.496 e. The van der Waals surface area contributed by atoms with Crippen LogP contribution in [0, 0.1) is 17.0 Å². The maximum absolute atomic E-state index is 12.7. The first-order valence-corrected chi connectivity index (χ1v) is 10.4. The van der Waals surface area contributed by atoms with Gasteiger partial charge in [-0.15, -0.1) is 0 Å². The third-order valence-electron chi connectivity index (χ3n) is 5.87. The lowest BCUT2D eigenvalue weighted by molar-refractivity contribution is -0.383. The molecule has 166 valence electrons. The van der Waals surface area contributed by atoms with Gasteiger partial charge in [-0.25, -0.2) is 0 Å². The molecule has 1 saturated heterocycles. The number of nitrogens with zero attached hydrogens (tertiary/aromatic N) is 1. The van der Waals surface area contributed by atoms with E-state index in [4.69, 9.17) is 9.47 Å². The Kier molecular flexibility index (Phi) is 7.25. The number of hydrogen-bond acceptors (Lipinski definition) is 6. The number of rotatable bonds is 8. The lowest BCUT2D eigenvalue weighted by Crippen LogP contribution is -2.48. The standard InChI is InChI=1S/C23H29N3O5/c1-16-8-9-21(30-3)18(14-16)23(10-12-31-13-11-23)15-24-17(2)22(27)25-19-6-4-5-7-20(19)26(28)29/h4-9,14,17,24H,10-13,15H2,1-3H3,(H,25,27). The van der Waals surface area contributed by atoms with E-state index in [2.05, 4.69) is 16.7 Å². The zero-order valence-electron chi connectivity index (χ0n) is 18.1. The van der Waals surface area contributed by atoms with Crippen molar-refractivity contribution >= 4 is 17.3 Å². The molecule has 0 aliphatic carbocycles. The van der Waals surface area contributed by atoms with Gasteiger partial charge in [-0.1, -0.05) is 29.8 Å². The van der Waals surface area contributed by atoms with Gasteiger partial charge in [-0.3, -0.25) is 14.9 Å². The first kappa shape index (κ1) is 22.7. The van der Waals surface area contributed by atoms with Crippen LogP contribution in [0.4, 0.5) is 11.4 Å². The van der Waals surface area contributed by atoms with Crippen molar-refractivity contribution in [3.8, 4) is 5.75 Å². The Hall–Kier alpha value is -2.97. The summed E-state index contributed by atoms with van der Waals surface area (Å²) in [6, 6.07) is 11.7. The van der Waals surface area contributed by atoms with Crippen molar-refractivity contribution in [2.75, 3.05) is 32.2 Å². The maximum atomic E-state index is 12.7. The second kappa shape index (κ2) is 9.89. The normalized spacial score (nSPS) is 16.4. The molecule has 0 spiro atoms. The monoisotopic (exact) mass is 427 g/mol. The highest BCUT2D eigenvalue weighted by atomic mass is 16.6. The summed E-state index contributed by atoms with van der Waals surface area (Å²) in [6.07, 6.45) is 1.61. The largest absolute Gasteiger partial charge is 0.496 e. The van der Waals surface area contributed by atoms with Gasteiger partial charge in [0.1, 0.15) is 11.4 Å². The van der Waals surface area contributed by atoms with Gasteiger partial charge in [0.05, 0.1) is 18.1 Å². The SMILES string of the molecule is COc1ccc(C)cc1C1(CNC(C)C(=O)Nc2ccccc2[N+](=O)[O-])CCOCC1. The summed E-state index contributed by atoms with van der Waals surface area (Å²) >= 11 is 0. The molecule has 2 aromatic carbocycles. The van der Waals surface area contributed by atoms with Crippen LogP contribution in [0.25, 0.3) is 0 Å². The van der Waals surface area contributed by atoms with Crippen molar-refractivity contribution in [3.05, 3.63) is 63.7 Å². The molecule has 0 saturated carbocycles. The molecule has 2 aromatic rings. The highest BCUT2D eigenvalue weighted by Gasteiger charge is 2.37. The second-order valence-electron chi connectivity index (χ2n) is 7.96. The summed E-state index contributed by atoms with van der Waals surface area (Å²) < 4.78 is 11.2. The van der Waals surface area contributed by atoms with Gasteiger partial charge in [-0.2, -0.15) is 0 Å². The molecule has 1 unspecified atom stereocenters. The summed E-state index contributed by atoms with van der Waals surface area (Å²) in [4.78, 5) is 23.4. The Morgan fingerprint density at radius 2 is 1.97 bits per heavy atom. The maximum Gasteiger partial charge on any atom is 0.292 e. The molecule has 1 heterocycles. The molecule has 8 heteroatoms. The van der Waals surface area contributed by atoms with Crippen molar-refractivity contribution in [3.63, 3.8) is 0 Å². The first-order valence-electron chi connectivity index (χ1n) is 10.4. The summed E-state index contributed by atoms with van der Waals surface area (Å²) in [6.45, 7) is 5.63. The van der Waals surface area contributed by atoms with E-state index in [1.807, 2.05) is 19.1 Å². The molecule has 31 heavy (non-hydrogen) atoms. The fourth-order valence-electron chi connectivity index (χ4n) is 3.96. The Labute approximate surface area is 182 Å². The smallest absolute Gasteiger partial charge is 0.292 e. The van der Waals surface area contributed by atoms with Crippen molar-refractivity contribution in [1.29, 1.82) is 0 Å². The van der Waals surface area contributed by atoms with Crippen LogP contribution < -0.4 is 15.4 Å². The Bertz CT molecular complexity index is 941. The highest BCUT2D eigenvalue weighted by molar-refractivity contribution is 5.96. The minimum atomic E-state index is -0.546. The zero-order chi connectivity index (χ0) is 22.4. The fourth-order valence-corrected chi connectivity index (χ4v) is 3.96. The van der Waals surface area contributed by atoms with Gasteiger partial charge >= 0.3 is 0 Å². The number of carbonyl (C=O) groups is 1. The summed E-state index contributed by atoms with van der Waals surface area (Å²) in [7, 11) is 1.66. The number of benzene rings is 2. The molecule has 1 aliphatic rings. The number of hydrogen-bond donors (Lipinski definition) is 2. The summed E-state index contributed by atoms with van der Waals surface area (Å²) in [5.74, 6) is 0.499. The van der Waals surface area contributed by atoms with E-state index in [0.717, 1.165) is 29.7 Å². The molecule has 3 rings (SSSR count). The van der Waals surface area contributed by atoms with Crippen LogP contribution in [0.3, 0.4) is 0 Å². The van der Waals surface area contributed by atoms with E-state index in [1.54, 1.807) is 26.2 Å². The number of nitro groups is 1. The Balaban J connectivity index is 1.76.